The first-order valence-corrected chi connectivity index (χ1v) is 5.79. The molecule has 2 nitrogen and oxygen atoms in total. The molecule has 1 aliphatic rings. The van der Waals surface area contributed by atoms with E-state index < -0.39 is 59.0 Å². The predicted octanol–water partition coefficient (Wildman–Crippen LogP) is 5.63. The molecule has 28 heavy (non-hydrogen) atoms. The Kier molecular flexibility index (Phi) is 5.14. The first-order chi connectivity index (χ1) is 11.9. The molecule has 19 heteroatoms. The van der Waals surface area contributed by atoms with Crippen molar-refractivity contribution in [3.05, 3.63) is 11.8 Å². The molecule has 2 atom stereocenters. The Balaban J connectivity index is 4.04. The predicted molar refractivity (Wildman–Crippen MR) is 47.9 cm³/mol. The third-order valence-corrected chi connectivity index (χ3v) is 2.97. The Hall–Kier alpha value is -1.69. The van der Waals surface area contributed by atoms with Gasteiger partial charge in [-0.3, -0.25) is 4.74 Å². The summed E-state index contributed by atoms with van der Waals surface area (Å²) in [5.41, 5.74) is 0. The Morgan fingerprint density at radius 3 is 1.11 bits per heavy atom. The highest BCUT2D eigenvalue weighted by Gasteiger charge is 2.93. The Labute approximate surface area is 140 Å². The van der Waals surface area contributed by atoms with E-state index in [1.807, 2.05) is 0 Å². The van der Waals surface area contributed by atoms with E-state index in [1.165, 1.54) is 0 Å². The molecule has 0 aromatic rings. The van der Waals surface area contributed by atoms with Crippen molar-refractivity contribution in [2.45, 2.75) is 42.3 Å². The SMILES string of the molecule is FC(=C(F)C(F)(F)F)N1C(F)(F)C(F)(C(F)(F)F)OC(F)(C(F)(F)F)C1(F)F. The number of allylic oxidation sites excluding steroid dienone is 1. The van der Waals surface area contributed by atoms with E-state index in [4.69, 9.17) is 0 Å². The molecule has 0 N–H and O–H groups in total. The van der Waals surface area contributed by atoms with Gasteiger partial charge in [-0.1, -0.05) is 0 Å². The average Bonchev–Trinajstić information content (AvgIpc) is 2.40. The summed E-state index contributed by atoms with van der Waals surface area (Å²) in [6.45, 7) is 0. The molecule has 1 heterocycles. The number of nitrogens with zero attached hydrogens (tertiary/aromatic N) is 1. The maximum absolute atomic E-state index is 13.6. The fraction of sp³-hybridized carbons (Fsp3) is 0.778. The van der Waals surface area contributed by atoms with E-state index in [9.17, 15) is 74.6 Å². The zero-order valence-electron chi connectivity index (χ0n) is 11.8. The minimum Gasteiger partial charge on any atom is -0.281 e. The van der Waals surface area contributed by atoms with Gasteiger partial charge in [0.25, 0.3) is 5.83 Å². The number of hydrogen-bond donors (Lipinski definition) is 0. The smallest absolute Gasteiger partial charge is 0.281 e. The van der Waals surface area contributed by atoms with E-state index in [0.29, 0.717) is 0 Å². The highest BCUT2D eigenvalue weighted by Crippen LogP contribution is 2.64. The molecule has 0 amide bonds. The molecule has 1 aliphatic heterocycles. The molecule has 0 saturated carbocycles. The largest absolute Gasteiger partial charge is 0.457 e. The van der Waals surface area contributed by atoms with Crippen molar-refractivity contribution in [2.24, 2.45) is 0 Å². The fourth-order valence-electron chi connectivity index (χ4n) is 1.70. The number of halogens is 17. The van der Waals surface area contributed by atoms with Crippen LogP contribution in [0.2, 0.25) is 0 Å². The van der Waals surface area contributed by atoms with Gasteiger partial charge >= 0.3 is 42.3 Å². The molecule has 0 aromatic heterocycles. The summed E-state index contributed by atoms with van der Waals surface area (Å²) in [6, 6.07) is -15.2. The second-order valence-electron chi connectivity index (χ2n) is 4.81. The van der Waals surface area contributed by atoms with E-state index in [-0.39, 0.29) is 0 Å². The van der Waals surface area contributed by atoms with Gasteiger partial charge in [0, 0.05) is 0 Å². The number of ether oxygens (including phenoxy) is 1. The molecule has 1 fully saturated rings. The average molecular weight is 461 g/mol. The van der Waals surface area contributed by atoms with Gasteiger partial charge in [-0.15, -0.1) is 0 Å². The minimum absolute atomic E-state index is 1.65. The lowest BCUT2D eigenvalue weighted by molar-refractivity contribution is -0.574. The lowest BCUT2D eigenvalue weighted by atomic mass is 10.1. The molecule has 0 bridgehead atoms. The van der Waals surface area contributed by atoms with Gasteiger partial charge in [0.05, 0.1) is 0 Å². The monoisotopic (exact) mass is 461 g/mol. The third-order valence-electron chi connectivity index (χ3n) is 2.97. The van der Waals surface area contributed by atoms with Crippen molar-refractivity contribution < 1.29 is 79.4 Å². The van der Waals surface area contributed by atoms with E-state index in [1.54, 1.807) is 4.74 Å². The molecule has 2 unspecified atom stereocenters. The van der Waals surface area contributed by atoms with Gasteiger partial charge < -0.3 is 0 Å². The Morgan fingerprint density at radius 2 is 0.893 bits per heavy atom. The fourth-order valence-corrected chi connectivity index (χ4v) is 1.70. The van der Waals surface area contributed by atoms with Crippen molar-refractivity contribution in [3.63, 3.8) is 0 Å². The van der Waals surface area contributed by atoms with Crippen LogP contribution in [-0.4, -0.2) is 47.2 Å². The first-order valence-electron chi connectivity index (χ1n) is 5.79. The van der Waals surface area contributed by atoms with Crippen molar-refractivity contribution in [2.75, 3.05) is 0 Å². The van der Waals surface area contributed by atoms with Crippen LogP contribution >= 0.6 is 0 Å². The number of hydrogen-bond acceptors (Lipinski definition) is 2. The van der Waals surface area contributed by atoms with Crippen LogP contribution in [0.25, 0.3) is 0 Å². The van der Waals surface area contributed by atoms with E-state index in [0.717, 1.165) is 0 Å². The highest BCUT2D eigenvalue weighted by atomic mass is 19.4. The molecular formula is C9F17NO. The van der Waals surface area contributed by atoms with Crippen LogP contribution in [0.15, 0.2) is 11.8 Å². The molecule has 0 spiro atoms. The minimum atomic E-state index is -7.58. The van der Waals surface area contributed by atoms with Crippen LogP contribution in [0, 0.1) is 0 Å². The molecule has 0 radical (unpaired) electrons. The first kappa shape index (κ1) is 24.3. The summed E-state index contributed by atoms with van der Waals surface area (Å²) in [7, 11) is 0. The maximum Gasteiger partial charge on any atom is 0.457 e. The lowest BCUT2D eigenvalue weighted by Crippen LogP contribution is -2.81. The standard InChI is InChI=1S/C9F17NO/c10-1(3(12,13)14)2(11)27-8(23,24)4(15,6(17,18)19)28-5(16,7(20,21)22)9(27,25)26. The van der Waals surface area contributed by atoms with Crippen LogP contribution in [-0.2, 0) is 4.74 Å². The van der Waals surface area contributed by atoms with Crippen LogP contribution in [0.1, 0.15) is 0 Å². The maximum atomic E-state index is 13.6. The van der Waals surface area contributed by atoms with Gasteiger partial charge in [-0.2, -0.15) is 74.6 Å². The van der Waals surface area contributed by atoms with Gasteiger partial charge in [-0.25, -0.2) is 4.90 Å². The van der Waals surface area contributed by atoms with Crippen LogP contribution in [0.3, 0.4) is 0 Å². The van der Waals surface area contributed by atoms with Crippen molar-refractivity contribution in [1.82, 2.24) is 4.90 Å². The van der Waals surface area contributed by atoms with E-state index in [2.05, 4.69) is 0 Å². The highest BCUT2D eigenvalue weighted by molar-refractivity contribution is 5.16. The van der Waals surface area contributed by atoms with Crippen LogP contribution in [0.5, 0.6) is 0 Å². The van der Waals surface area contributed by atoms with Gasteiger partial charge in [-0.05, 0) is 0 Å². The zero-order chi connectivity index (χ0) is 22.9. The van der Waals surface area contributed by atoms with Crippen molar-refractivity contribution in [3.8, 4) is 0 Å². The molecular weight excluding hydrogens is 461 g/mol. The van der Waals surface area contributed by atoms with Crippen LogP contribution in [0.4, 0.5) is 74.6 Å². The van der Waals surface area contributed by atoms with Crippen molar-refractivity contribution >= 4 is 0 Å². The second kappa shape index (κ2) is 5.91. The van der Waals surface area contributed by atoms with Gasteiger partial charge in [0.2, 0.25) is 5.95 Å². The molecule has 166 valence electrons. The number of morpholine rings is 1. The molecule has 1 saturated heterocycles. The quantitative estimate of drug-likeness (QED) is 0.371. The van der Waals surface area contributed by atoms with Crippen molar-refractivity contribution in [1.29, 1.82) is 0 Å². The topological polar surface area (TPSA) is 12.5 Å². The summed E-state index contributed by atoms with van der Waals surface area (Å²) in [4.78, 5) is -3.91. The summed E-state index contributed by atoms with van der Waals surface area (Å²) < 4.78 is 219. The summed E-state index contributed by atoms with van der Waals surface area (Å²) >= 11 is 0. The second-order valence-corrected chi connectivity index (χ2v) is 4.81. The number of alkyl halides is 15. The summed E-state index contributed by atoms with van der Waals surface area (Å²) in [5, 5.41) is 0. The third kappa shape index (κ3) is 3.00. The molecule has 0 aliphatic carbocycles. The zero-order valence-corrected chi connectivity index (χ0v) is 11.8. The summed E-state index contributed by atoms with van der Waals surface area (Å²) in [6.07, 6.45) is -22.0. The molecule has 1 rings (SSSR count). The van der Waals surface area contributed by atoms with E-state index >= 15 is 0 Å². The van der Waals surface area contributed by atoms with Crippen LogP contribution < -0.4 is 0 Å². The molecule has 0 aromatic carbocycles. The van der Waals surface area contributed by atoms with Gasteiger partial charge in [0.1, 0.15) is 0 Å². The lowest BCUT2D eigenvalue weighted by Gasteiger charge is -2.53. The summed E-state index contributed by atoms with van der Waals surface area (Å²) in [5.74, 6) is -24.7. The normalized spacial score (nSPS) is 32.2. The number of rotatable bonds is 1. The Morgan fingerprint density at radius 1 is 0.607 bits per heavy atom. The Bertz CT molecular complexity index is 619. The van der Waals surface area contributed by atoms with Gasteiger partial charge in [0.15, 0.2) is 0 Å².